The number of carboxylic acid groups (broad SMARTS) is 1. The highest BCUT2D eigenvalue weighted by Crippen LogP contribution is 2.38. The number of anilines is 2. The molecule has 6 nitrogen and oxygen atoms in total. The van der Waals surface area contributed by atoms with Crippen molar-refractivity contribution in [3.63, 3.8) is 0 Å². The van der Waals surface area contributed by atoms with Crippen LogP contribution in [0.15, 0.2) is 18.2 Å². The Morgan fingerprint density at radius 1 is 1.11 bits per heavy atom. The lowest BCUT2D eigenvalue weighted by Gasteiger charge is -2.38. The topological polar surface area (TPSA) is 72.5 Å². The molecule has 2 N–H and O–H groups in total. The van der Waals surface area contributed by atoms with Crippen LogP contribution in [0.3, 0.4) is 0 Å². The van der Waals surface area contributed by atoms with Crippen LogP contribution in [0.2, 0.25) is 0 Å². The van der Waals surface area contributed by atoms with E-state index in [2.05, 4.69) is 15.1 Å². The highest BCUT2D eigenvalue weighted by Gasteiger charge is 2.36. The second kappa shape index (κ2) is 8.53. The van der Waals surface area contributed by atoms with Crippen LogP contribution < -0.4 is 9.80 Å². The maximum absolute atomic E-state index is 13.3. The van der Waals surface area contributed by atoms with Crippen molar-refractivity contribution < 1.29 is 23.1 Å². The van der Waals surface area contributed by atoms with Gasteiger partial charge in [0, 0.05) is 31.9 Å². The van der Waals surface area contributed by atoms with Gasteiger partial charge in [0.2, 0.25) is 0 Å². The molecule has 0 aliphatic carbocycles. The second-order valence-electron chi connectivity index (χ2n) is 6.29. The van der Waals surface area contributed by atoms with Crippen molar-refractivity contribution in [2.75, 3.05) is 36.0 Å². The molecule has 0 saturated carbocycles. The predicted octanol–water partition coefficient (Wildman–Crippen LogP) is 4.10. The molecule has 0 spiro atoms. The van der Waals surface area contributed by atoms with Crippen LogP contribution in [0.25, 0.3) is 0 Å². The second-order valence-corrected chi connectivity index (χ2v) is 6.29. The van der Waals surface area contributed by atoms with Crippen LogP contribution in [0.4, 0.5) is 24.5 Å². The molecule has 1 aromatic carbocycles. The number of aryl methyl sites for hydroxylation is 2. The minimum Gasteiger partial charge on any atom is -0.478 e. The summed E-state index contributed by atoms with van der Waals surface area (Å²) in [7, 11) is 0. The monoisotopic (exact) mass is 398 g/mol. The average Bonchev–Trinajstić information content (AvgIpc) is 3.00. The number of halogens is 3. The Labute approximate surface area is 162 Å². The lowest BCUT2D eigenvalue weighted by Crippen LogP contribution is -2.47. The van der Waals surface area contributed by atoms with Gasteiger partial charge in [0.1, 0.15) is 0 Å². The van der Waals surface area contributed by atoms with Gasteiger partial charge in [-0.2, -0.15) is 18.3 Å². The number of H-pyrrole nitrogens is 1. The number of aromatic amines is 1. The molecule has 1 aliphatic heterocycles. The van der Waals surface area contributed by atoms with Crippen LogP contribution in [0.1, 0.15) is 41.2 Å². The van der Waals surface area contributed by atoms with Crippen molar-refractivity contribution in [1.29, 1.82) is 0 Å². The first-order chi connectivity index (χ1) is 13.2. The molecule has 2 heterocycles. The number of benzene rings is 1. The van der Waals surface area contributed by atoms with Crippen molar-refractivity contribution in [3.8, 4) is 0 Å². The van der Waals surface area contributed by atoms with Gasteiger partial charge < -0.3 is 14.9 Å². The van der Waals surface area contributed by atoms with E-state index < -0.39 is 17.7 Å². The molecule has 1 aliphatic rings. The third kappa shape index (κ3) is 4.40. The van der Waals surface area contributed by atoms with Gasteiger partial charge >= 0.3 is 12.1 Å². The van der Waals surface area contributed by atoms with E-state index in [1.54, 1.807) is 4.90 Å². The Hall–Kier alpha value is -2.71. The zero-order valence-corrected chi connectivity index (χ0v) is 16.4. The van der Waals surface area contributed by atoms with Gasteiger partial charge in [0.15, 0.2) is 0 Å². The molecule has 1 saturated heterocycles. The number of carboxylic acids is 1. The fourth-order valence-corrected chi connectivity index (χ4v) is 3.35. The molecule has 154 valence electrons. The van der Waals surface area contributed by atoms with Gasteiger partial charge in [0.05, 0.1) is 28.2 Å². The summed E-state index contributed by atoms with van der Waals surface area (Å²) in [4.78, 5) is 14.8. The molecule has 28 heavy (non-hydrogen) atoms. The Bertz CT molecular complexity index is 806. The van der Waals surface area contributed by atoms with Crippen LogP contribution in [-0.2, 0) is 6.18 Å². The number of hydrogen-bond donors (Lipinski definition) is 2. The maximum Gasteiger partial charge on any atom is 0.418 e. The summed E-state index contributed by atoms with van der Waals surface area (Å²) in [6.45, 7) is 9.54. The Balaban J connectivity index is 0.00000136. The van der Waals surface area contributed by atoms with E-state index in [1.165, 1.54) is 0 Å². The highest BCUT2D eigenvalue weighted by atomic mass is 19.4. The summed E-state index contributed by atoms with van der Waals surface area (Å²) in [5, 5.41) is 16.2. The molecule has 0 unspecified atom stereocenters. The highest BCUT2D eigenvalue weighted by molar-refractivity contribution is 5.89. The van der Waals surface area contributed by atoms with Crippen molar-refractivity contribution in [1.82, 2.24) is 10.2 Å². The van der Waals surface area contributed by atoms with Crippen molar-refractivity contribution in [2.45, 2.75) is 33.9 Å². The summed E-state index contributed by atoms with van der Waals surface area (Å²) < 4.78 is 40.0. The number of piperazine rings is 1. The first-order valence-corrected chi connectivity index (χ1v) is 9.14. The molecular formula is C19H25F3N4O2. The Kier molecular flexibility index (Phi) is 6.58. The standard InChI is InChI=1S/C17H19F3N4O2.C2H6/c1-10-15(11(2)22-21-10)24-7-5-23(6-8-24)14-9-12(16(25)26)3-4-13(14)17(18,19)20;1-2/h3-4,9H,5-8H2,1-2H3,(H,21,22)(H,25,26);1-2H3. The summed E-state index contributed by atoms with van der Waals surface area (Å²) in [6, 6.07) is 2.94. The minimum absolute atomic E-state index is 0.0855. The van der Waals surface area contributed by atoms with Crippen molar-refractivity contribution in [3.05, 3.63) is 40.7 Å². The summed E-state index contributed by atoms with van der Waals surface area (Å²) in [5.74, 6) is -1.25. The molecule has 0 amide bonds. The zero-order chi connectivity index (χ0) is 21.1. The summed E-state index contributed by atoms with van der Waals surface area (Å²) >= 11 is 0. The van der Waals surface area contributed by atoms with Crippen LogP contribution in [-0.4, -0.2) is 47.5 Å². The van der Waals surface area contributed by atoms with E-state index in [4.69, 9.17) is 5.11 Å². The normalized spacial score (nSPS) is 14.5. The number of carbonyl (C=O) groups is 1. The molecule has 9 heteroatoms. The third-order valence-corrected chi connectivity index (χ3v) is 4.58. The van der Waals surface area contributed by atoms with Gasteiger partial charge in [0.25, 0.3) is 0 Å². The lowest BCUT2D eigenvalue weighted by molar-refractivity contribution is -0.137. The van der Waals surface area contributed by atoms with Crippen LogP contribution >= 0.6 is 0 Å². The van der Waals surface area contributed by atoms with Gasteiger partial charge in [-0.15, -0.1) is 0 Å². The molecule has 0 radical (unpaired) electrons. The third-order valence-electron chi connectivity index (χ3n) is 4.58. The average molecular weight is 398 g/mol. The minimum atomic E-state index is -4.54. The number of rotatable bonds is 3. The molecular weight excluding hydrogens is 373 g/mol. The number of alkyl halides is 3. The van der Waals surface area contributed by atoms with Gasteiger partial charge in [-0.1, -0.05) is 13.8 Å². The SMILES string of the molecule is CC.Cc1n[nH]c(C)c1N1CCN(c2cc(C(=O)O)ccc2C(F)(F)F)CC1. The molecule has 2 aromatic rings. The fourth-order valence-electron chi connectivity index (χ4n) is 3.35. The number of hydrogen-bond acceptors (Lipinski definition) is 4. The molecule has 1 aromatic heterocycles. The van der Waals surface area contributed by atoms with E-state index in [-0.39, 0.29) is 11.3 Å². The zero-order valence-electron chi connectivity index (χ0n) is 16.4. The quantitative estimate of drug-likeness (QED) is 0.815. The summed E-state index contributed by atoms with van der Waals surface area (Å²) in [5.41, 5.74) is 1.68. The lowest BCUT2D eigenvalue weighted by atomic mass is 10.1. The number of aromatic carboxylic acids is 1. The molecule has 1 fully saturated rings. The smallest absolute Gasteiger partial charge is 0.418 e. The molecule has 0 atom stereocenters. The Morgan fingerprint density at radius 2 is 1.68 bits per heavy atom. The first-order valence-electron chi connectivity index (χ1n) is 9.14. The van der Waals surface area contributed by atoms with Crippen LogP contribution in [0.5, 0.6) is 0 Å². The van der Waals surface area contributed by atoms with E-state index in [9.17, 15) is 18.0 Å². The van der Waals surface area contributed by atoms with Crippen molar-refractivity contribution >= 4 is 17.3 Å². The Morgan fingerprint density at radius 3 is 2.14 bits per heavy atom. The van der Waals surface area contributed by atoms with E-state index in [0.717, 1.165) is 35.3 Å². The van der Waals surface area contributed by atoms with Crippen molar-refractivity contribution in [2.24, 2.45) is 0 Å². The molecule has 3 rings (SSSR count). The number of aromatic nitrogens is 2. The first kappa shape index (κ1) is 21.6. The predicted molar refractivity (Wildman–Crippen MR) is 102 cm³/mol. The van der Waals surface area contributed by atoms with Gasteiger partial charge in [-0.3, -0.25) is 5.10 Å². The van der Waals surface area contributed by atoms with E-state index in [0.29, 0.717) is 26.2 Å². The van der Waals surface area contributed by atoms with E-state index >= 15 is 0 Å². The maximum atomic E-state index is 13.3. The molecule has 0 bridgehead atoms. The van der Waals surface area contributed by atoms with Gasteiger partial charge in [-0.25, -0.2) is 4.79 Å². The van der Waals surface area contributed by atoms with Crippen LogP contribution in [0, 0.1) is 13.8 Å². The largest absolute Gasteiger partial charge is 0.478 e. The fraction of sp³-hybridized carbons (Fsp3) is 0.474. The van der Waals surface area contributed by atoms with Gasteiger partial charge in [-0.05, 0) is 32.0 Å². The number of nitrogens with zero attached hydrogens (tertiary/aromatic N) is 3. The van der Waals surface area contributed by atoms with E-state index in [1.807, 2.05) is 27.7 Å². The summed E-state index contributed by atoms with van der Waals surface area (Å²) in [6.07, 6.45) is -4.54. The number of nitrogens with one attached hydrogen (secondary N) is 1.